The molecule has 9 heteroatoms. The van der Waals surface area contributed by atoms with Crippen LogP contribution in [0, 0.1) is 0 Å². The van der Waals surface area contributed by atoms with Gasteiger partial charge in [-0.1, -0.05) is 12.1 Å². The lowest BCUT2D eigenvalue weighted by Gasteiger charge is -2.20. The van der Waals surface area contributed by atoms with Crippen LogP contribution in [0.3, 0.4) is 0 Å². The summed E-state index contributed by atoms with van der Waals surface area (Å²) in [6.07, 6.45) is -3.18. The van der Waals surface area contributed by atoms with Gasteiger partial charge in [0.2, 0.25) is 0 Å². The standard InChI is InChI=1S/C15H16F3N3O3/c1-20(14(23)13(22)11-7-19-21(2)9-11)8-10-3-5-12(6-4-10)24-15(16,17)18/h3-7,9,13,22H,8H2,1-2H3. The number of rotatable bonds is 5. The van der Waals surface area contributed by atoms with Crippen LogP contribution >= 0.6 is 0 Å². The number of aromatic nitrogens is 2. The van der Waals surface area contributed by atoms with Crippen LogP contribution in [0.15, 0.2) is 36.7 Å². The van der Waals surface area contributed by atoms with Gasteiger partial charge in [0.1, 0.15) is 5.75 Å². The van der Waals surface area contributed by atoms with Gasteiger partial charge in [-0.15, -0.1) is 13.2 Å². The van der Waals surface area contributed by atoms with Gasteiger partial charge in [-0.3, -0.25) is 9.48 Å². The molecule has 1 amide bonds. The molecule has 0 saturated carbocycles. The fraction of sp³-hybridized carbons (Fsp3) is 0.333. The van der Waals surface area contributed by atoms with Crippen LogP contribution in [0.1, 0.15) is 17.2 Å². The number of aliphatic hydroxyl groups excluding tert-OH is 1. The molecule has 1 aromatic carbocycles. The lowest BCUT2D eigenvalue weighted by atomic mass is 10.1. The lowest BCUT2D eigenvalue weighted by molar-refractivity contribution is -0.274. The maximum absolute atomic E-state index is 12.2. The maximum Gasteiger partial charge on any atom is 0.573 e. The highest BCUT2D eigenvalue weighted by atomic mass is 19.4. The number of ether oxygens (including phenoxy) is 1. The molecule has 24 heavy (non-hydrogen) atoms. The van der Waals surface area contributed by atoms with Crippen molar-refractivity contribution in [2.24, 2.45) is 7.05 Å². The van der Waals surface area contributed by atoms with Gasteiger partial charge in [0.05, 0.1) is 6.20 Å². The Morgan fingerprint density at radius 2 is 2.00 bits per heavy atom. The first-order valence-electron chi connectivity index (χ1n) is 6.92. The number of amides is 1. The summed E-state index contributed by atoms with van der Waals surface area (Å²) in [4.78, 5) is 13.5. The maximum atomic E-state index is 12.2. The molecule has 0 saturated heterocycles. The van der Waals surface area contributed by atoms with Gasteiger partial charge >= 0.3 is 6.36 Å². The second kappa shape index (κ2) is 6.91. The van der Waals surface area contributed by atoms with E-state index in [0.29, 0.717) is 11.1 Å². The van der Waals surface area contributed by atoms with Crippen molar-refractivity contribution in [1.82, 2.24) is 14.7 Å². The van der Waals surface area contributed by atoms with Crippen molar-refractivity contribution in [3.05, 3.63) is 47.8 Å². The molecule has 0 aliphatic rings. The van der Waals surface area contributed by atoms with Gasteiger partial charge in [0.15, 0.2) is 6.10 Å². The van der Waals surface area contributed by atoms with Gasteiger partial charge in [0, 0.05) is 32.4 Å². The minimum Gasteiger partial charge on any atom is -0.406 e. The molecule has 0 bridgehead atoms. The number of hydrogen-bond acceptors (Lipinski definition) is 4. The third-order valence-electron chi connectivity index (χ3n) is 3.23. The third kappa shape index (κ3) is 4.72. The third-order valence-corrected chi connectivity index (χ3v) is 3.23. The Balaban J connectivity index is 1.98. The van der Waals surface area contributed by atoms with E-state index in [1.165, 1.54) is 53.3 Å². The van der Waals surface area contributed by atoms with Crippen molar-refractivity contribution in [2.45, 2.75) is 19.0 Å². The van der Waals surface area contributed by atoms with E-state index in [2.05, 4.69) is 9.84 Å². The van der Waals surface area contributed by atoms with Crippen LogP contribution < -0.4 is 4.74 Å². The molecule has 6 nitrogen and oxygen atoms in total. The summed E-state index contributed by atoms with van der Waals surface area (Å²) in [5, 5.41) is 13.9. The van der Waals surface area contributed by atoms with Gasteiger partial charge < -0.3 is 14.7 Å². The van der Waals surface area contributed by atoms with Gasteiger partial charge in [-0.25, -0.2) is 0 Å². The molecule has 0 aliphatic carbocycles. The highest BCUT2D eigenvalue weighted by molar-refractivity contribution is 5.81. The van der Waals surface area contributed by atoms with Gasteiger partial charge in [0.25, 0.3) is 5.91 Å². The van der Waals surface area contributed by atoms with E-state index < -0.39 is 18.4 Å². The molecule has 2 rings (SSSR count). The number of nitrogens with zero attached hydrogens (tertiary/aromatic N) is 3. The first-order valence-corrected chi connectivity index (χ1v) is 6.92. The van der Waals surface area contributed by atoms with Crippen molar-refractivity contribution < 1.29 is 27.8 Å². The lowest BCUT2D eigenvalue weighted by Crippen LogP contribution is -2.31. The topological polar surface area (TPSA) is 67.6 Å². The Hall–Kier alpha value is -2.55. The van der Waals surface area contributed by atoms with Gasteiger partial charge in [-0.2, -0.15) is 5.10 Å². The molecule has 0 fully saturated rings. The number of halogens is 3. The zero-order chi connectivity index (χ0) is 17.9. The Kier molecular flexibility index (Phi) is 5.13. The van der Waals surface area contributed by atoms with Crippen molar-refractivity contribution in [3.63, 3.8) is 0 Å². The number of aryl methyl sites for hydroxylation is 1. The number of benzene rings is 1. The van der Waals surface area contributed by atoms with E-state index >= 15 is 0 Å². The monoisotopic (exact) mass is 343 g/mol. The Morgan fingerprint density at radius 1 is 1.38 bits per heavy atom. The molecule has 1 aromatic heterocycles. The number of alkyl halides is 3. The molecule has 1 atom stereocenters. The zero-order valence-corrected chi connectivity index (χ0v) is 13.0. The molecule has 1 N–H and O–H groups in total. The number of hydrogen-bond donors (Lipinski definition) is 1. The van der Waals surface area contributed by atoms with E-state index in [0.717, 1.165) is 0 Å². The summed E-state index contributed by atoms with van der Waals surface area (Å²) < 4.78 is 41.5. The first-order chi connectivity index (χ1) is 11.2. The number of carbonyl (C=O) groups is 1. The second-order valence-electron chi connectivity index (χ2n) is 5.24. The molecular weight excluding hydrogens is 327 g/mol. The average molecular weight is 343 g/mol. The molecule has 130 valence electrons. The van der Waals surface area contributed by atoms with E-state index in [1.54, 1.807) is 7.05 Å². The zero-order valence-electron chi connectivity index (χ0n) is 13.0. The predicted octanol–water partition coefficient (Wildman–Crippen LogP) is 2.01. The number of aliphatic hydroxyl groups is 1. The molecule has 1 unspecified atom stereocenters. The fourth-order valence-corrected chi connectivity index (χ4v) is 2.08. The van der Waals surface area contributed by atoms with Crippen LogP contribution in [0.25, 0.3) is 0 Å². The Labute approximate surface area is 136 Å². The predicted molar refractivity (Wildman–Crippen MR) is 77.8 cm³/mol. The quantitative estimate of drug-likeness (QED) is 0.902. The summed E-state index contributed by atoms with van der Waals surface area (Å²) in [6.45, 7) is 0.127. The van der Waals surface area contributed by atoms with Crippen LogP contribution in [0.5, 0.6) is 5.75 Å². The van der Waals surface area contributed by atoms with Crippen LogP contribution in [-0.4, -0.2) is 39.1 Å². The highest BCUT2D eigenvalue weighted by Crippen LogP contribution is 2.23. The number of carbonyl (C=O) groups excluding carboxylic acids is 1. The number of likely N-dealkylation sites (N-methyl/N-ethyl adjacent to an activating group) is 1. The van der Waals surface area contributed by atoms with Gasteiger partial charge in [-0.05, 0) is 17.7 Å². The molecular formula is C15H16F3N3O3. The first kappa shape index (κ1) is 17.8. The minimum atomic E-state index is -4.75. The molecule has 0 radical (unpaired) electrons. The highest BCUT2D eigenvalue weighted by Gasteiger charge is 2.31. The largest absolute Gasteiger partial charge is 0.573 e. The van der Waals surface area contributed by atoms with Crippen molar-refractivity contribution in [3.8, 4) is 5.75 Å². The summed E-state index contributed by atoms with van der Waals surface area (Å²) in [6, 6.07) is 5.17. The Bertz CT molecular complexity index is 698. The van der Waals surface area contributed by atoms with E-state index in [9.17, 15) is 23.1 Å². The van der Waals surface area contributed by atoms with Crippen LogP contribution in [0.2, 0.25) is 0 Å². The van der Waals surface area contributed by atoms with E-state index in [1.807, 2.05) is 0 Å². The fourth-order valence-electron chi connectivity index (χ4n) is 2.08. The van der Waals surface area contributed by atoms with Crippen molar-refractivity contribution in [1.29, 1.82) is 0 Å². The smallest absolute Gasteiger partial charge is 0.406 e. The molecule has 0 aliphatic heterocycles. The molecule has 0 spiro atoms. The molecule has 1 heterocycles. The second-order valence-corrected chi connectivity index (χ2v) is 5.24. The van der Waals surface area contributed by atoms with Crippen LogP contribution in [0.4, 0.5) is 13.2 Å². The Morgan fingerprint density at radius 3 is 2.50 bits per heavy atom. The summed E-state index contributed by atoms with van der Waals surface area (Å²) in [5.41, 5.74) is 0.960. The summed E-state index contributed by atoms with van der Waals surface area (Å²) >= 11 is 0. The average Bonchev–Trinajstić information content (AvgIpc) is 2.92. The van der Waals surface area contributed by atoms with E-state index in [-0.39, 0.29) is 12.3 Å². The summed E-state index contributed by atoms with van der Waals surface area (Å²) in [5.74, 6) is -0.880. The SMILES string of the molecule is CN(Cc1ccc(OC(F)(F)F)cc1)C(=O)C(O)c1cnn(C)c1. The van der Waals surface area contributed by atoms with E-state index in [4.69, 9.17) is 0 Å². The minimum absolute atomic E-state index is 0.127. The van der Waals surface area contributed by atoms with Crippen molar-refractivity contribution in [2.75, 3.05) is 7.05 Å². The van der Waals surface area contributed by atoms with Crippen molar-refractivity contribution >= 4 is 5.91 Å². The normalized spacial score (nSPS) is 12.8. The summed E-state index contributed by atoms with van der Waals surface area (Å²) in [7, 11) is 3.15. The van der Waals surface area contributed by atoms with Crippen LogP contribution in [-0.2, 0) is 18.4 Å². The molecule has 2 aromatic rings.